The van der Waals surface area contributed by atoms with E-state index in [2.05, 4.69) is 37.2 Å². The summed E-state index contributed by atoms with van der Waals surface area (Å²) in [7, 11) is 0. The highest BCUT2D eigenvalue weighted by atomic mass is 79.9. The van der Waals surface area contributed by atoms with E-state index >= 15 is 0 Å². The van der Waals surface area contributed by atoms with Crippen LogP contribution in [0.15, 0.2) is 13.6 Å². The van der Waals surface area contributed by atoms with Crippen molar-refractivity contribution < 1.29 is 4.79 Å². The van der Waals surface area contributed by atoms with Gasteiger partial charge in [0.2, 0.25) is 0 Å². The normalized spacial score (nSPS) is 20.5. The minimum Gasteiger partial charge on any atom is -0.348 e. The quantitative estimate of drug-likeness (QED) is 0.862. The third kappa shape index (κ3) is 2.99. The predicted molar refractivity (Wildman–Crippen MR) is 72.9 cm³/mol. The van der Waals surface area contributed by atoms with E-state index in [1.54, 1.807) is 0 Å². The summed E-state index contributed by atoms with van der Waals surface area (Å²) >= 11 is 10.2. The molecule has 1 saturated heterocycles. The van der Waals surface area contributed by atoms with Gasteiger partial charge in [-0.05, 0) is 50.1 Å². The van der Waals surface area contributed by atoms with E-state index in [4.69, 9.17) is 0 Å². The molecule has 1 fully saturated rings. The number of thiophene rings is 1. The van der Waals surface area contributed by atoms with Gasteiger partial charge in [-0.3, -0.25) is 4.79 Å². The summed E-state index contributed by atoms with van der Waals surface area (Å²) in [6.45, 7) is 0. The van der Waals surface area contributed by atoms with E-state index in [1.807, 2.05) is 17.8 Å². The Morgan fingerprint density at radius 1 is 1.53 bits per heavy atom. The van der Waals surface area contributed by atoms with Crippen molar-refractivity contribution in [3.05, 3.63) is 19.2 Å². The van der Waals surface area contributed by atoms with Crippen molar-refractivity contribution in [2.45, 2.75) is 12.5 Å². The molecule has 1 N–H and O–H groups in total. The summed E-state index contributed by atoms with van der Waals surface area (Å²) in [5.41, 5.74) is 0.726. The number of rotatable bonds is 2. The fourth-order valence-electron chi connectivity index (χ4n) is 1.41. The lowest BCUT2D eigenvalue weighted by molar-refractivity contribution is 0.0941. The van der Waals surface area contributed by atoms with Crippen LogP contribution in [0.3, 0.4) is 0 Å². The smallest absolute Gasteiger partial charge is 0.253 e. The van der Waals surface area contributed by atoms with Gasteiger partial charge in [0.05, 0.1) is 13.1 Å². The molecule has 0 aliphatic carbocycles. The maximum Gasteiger partial charge on any atom is 0.253 e. The van der Waals surface area contributed by atoms with Crippen LogP contribution in [0.4, 0.5) is 0 Å². The fraction of sp³-hybridized carbons (Fsp3) is 0.444. The van der Waals surface area contributed by atoms with Crippen LogP contribution in [0.25, 0.3) is 0 Å². The first-order valence-corrected chi connectivity index (χ1v) is 8.06. The summed E-state index contributed by atoms with van der Waals surface area (Å²) in [6.07, 6.45) is 1.08. The Bertz CT molecular complexity index is 374. The molecule has 15 heavy (non-hydrogen) atoms. The highest BCUT2D eigenvalue weighted by Gasteiger charge is 2.20. The topological polar surface area (TPSA) is 29.1 Å². The van der Waals surface area contributed by atoms with Gasteiger partial charge in [-0.2, -0.15) is 11.8 Å². The maximum absolute atomic E-state index is 11.9. The van der Waals surface area contributed by atoms with Crippen molar-refractivity contribution in [1.29, 1.82) is 0 Å². The van der Waals surface area contributed by atoms with Crippen molar-refractivity contribution in [2.24, 2.45) is 0 Å². The van der Waals surface area contributed by atoms with Crippen LogP contribution < -0.4 is 5.32 Å². The zero-order valence-corrected chi connectivity index (χ0v) is 12.6. The van der Waals surface area contributed by atoms with Crippen LogP contribution >= 0.6 is 55.0 Å². The SMILES string of the molecule is O=C(NC1CCSC1)c1cc(Br)sc1Br. The molecule has 82 valence electrons. The third-order valence-electron chi connectivity index (χ3n) is 2.17. The molecule has 0 spiro atoms. The Labute approximate surface area is 113 Å². The molecule has 1 aromatic rings. The summed E-state index contributed by atoms with van der Waals surface area (Å²) in [5.74, 6) is 2.21. The molecule has 0 bridgehead atoms. The fourth-order valence-corrected chi connectivity index (χ4v) is 5.35. The van der Waals surface area contributed by atoms with E-state index in [0.29, 0.717) is 6.04 Å². The first kappa shape index (κ1) is 12.0. The molecule has 0 saturated carbocycles. The molecule has 1 aliphatic heterocycles. The highest BCUT2D eigenvalue weighted by molar-refractivity contribution is 9.12. The van der Waals surface area contributed by atoms with Crippen LogP contribution in [0.2, 0.25) is 0 Å². The molecule has 6 heteroatoms. The molecular weight excluding hydrogens is 362 g/mol. The molecule has 1 aliphatic rings. The van der Waals surface area contributed by atoms with Gasteiger partial charge in [-0.15, -0.1) is 11.3 Å². The second-order valence-electron chi connectivity index (χ2n) is 3.27. The number of carbonyl (C=O) groups is 1. The number of halogens is 2. The summed E-state index contributed by atoms with van der Waals surface area (Å²) in [5, 5.41) is 3.05. The molecule has 2 heterocycles. The molecule has 1 aromatic heterocycles. The third-order valence-corrected chi connectivity index (χ3v) is 5.67. The van der Waals surface area contributed by atoms with Gasteiger partial charge < -0.3 is 5.32 Å². The van der Waals surface area contributed by atoms with Crippen LogP contribution in [0, 0.1) is 0 Å². The average molecular weight is 371 g/mol. The lowest BCUT2D eigenvalue weighted by Gasteiger charge is -2.10. The number of amides is 1. The second kappa shape index (κ2) is 5.21. The van der Waals surface area contributed by atoms with Crippen molar-refractivity contribution in [1.82, 2.24) is 5.32 Å². The number of nitrogens with one attached hydrogen (secondary N) is 1. The molecule has 0 radical (unpaired) electrons. The number of hydrogen-bond donors (Lipinski definition) is 1. The monoisotopic (exact) mass is 369 g/mol. The van der Waals surface area contributed by atoms with Gasteiger partial charge in [0.15, 0.2) is 0 Å². The summed E-state index contributed by atoms with van der Waals surface area (Å²) in [6, 6.07) is 2.19. The number of thioether (sulfide) groups is 1. The minimum atomic E-state index is 0.0244. The Morgan fingerprint density at radius 2 is 2.33 bits per heavy atom. The predicted octanol–water partition coefficient (Wildman–Crippen LogP) is 3.51. The van der Waals surface area contributed by atoms with Crippen LogP contribution in [-0.2, 0) is 0 Å². The molecular formula is C9H9Br2NOS2. The van der Waals surface area contributed by atoms with Gasteiger partial charge in [0, 0.05) is 11.8 Å². The Kier molecular flexibility index (Phi) is 4.15. The van der Waals surface area contributed by atoms with Gasteiger partial charge in [-0.1, -0.05) is 0 Å². The Balaban J connectivity index is 2.03. The molecule has 1 amide bonds. The standard InChI is InChI=1S/C9H9Br2NOS2/c10-7-3-6(8(11)15-7)9(13)12-5-1-2-14-4-5/h3,5H,1-2,4H2,(H,12,13). The van der Waals surface area contributed by atoms with E-state index in [1.165, 1.54) is 11.3 Å². The summed E-state index contributed by atoms with van der Waals surface area (Å²) in [4.78, 5) is 11.9. The zero-order chi connectivity index (χ0) is 10.8. The Hall–Kier alpha value is 0.480. The molecule has 1 unspecified atom stereocenters. The van der Waals surface area contributed by atoms with Crippen molar-refractivity contribution in [2.75, 3.05) is 11.5 Å². The molecule has 2 rings (SSSR count). The average Bonchev–Trinajstić information content (AvgIpc) is 2.75. The van der Waals surface area contributed by atoms with Crippen molar-refractivity contribution in [3.8, 4) is 0 Å². The van der Waals surface area contributed by atoms with E-state index < -0.39 is 0 Å². The van der Waals surface area contributed by atoms with Gasteiger partial charge in [0.1, 0.15) is 0 Å². The van der Waals surface area contributed by atoms with Crippen LogP contribution in [0.5, 0.6) is 0 Å². The van der Waals surface area contributed by atoms with E-state index in [9.17, 15) is 4.79 Å². The van der Waals surface area contributed by atoms with Crippen LogP contribution in [-0.4, -0.2) is 23.5 Å². The minimum absolute atomic E-state index is 0.0244. The lowest BCUT2D eigenvalue weighted by atomic mass is 10.2. The first-order valence-electron chi connectivity index (χ1n) is 4.50. The van der Waals surface area contributed by atoms with E-state index in [-0.39, 0.29) is 5.91 Å². The van der Waals surface area contributed by atoms with Crippen LogP contribution in [0.1, 0.15) is 16.8 Å². The molecule has 0 aromatic carbocycles. The second-order valence-corrected chi connectivity index (χ2v) is 8.17. The molecule has 1 atom stereocenters. The van der Waals surface area contributed by atoms with E-state index in [0.717, 1.165) is 31.1 Å². The number of hydrogen-bond acceptors (Lipinski definition) is 3. The zero-order valence-electron chi connectivity index (χ0n) is 7.76. The highest BCUT2D eigenvalue weighted by Crippen LogP contribution is 2.32. The lowest BCUT2D eigenvalue weighted by Crippen LogP contribution is -2.34. The molecule has 2 nitrogen and oxygen atoms in total. The van der Waals surface area contributed by atoms with Crippen molar-refractivity contribution in [3.63, 3.8) is 0 Å². The Morgan fingerprint density at radius 3 is 2.87 bits per heavy atom. The number of carbonyl (C=O) groups excluding carboxylic acids is 1. The van der Waals surface area contributed by atoms with Crippen molar-refractivity contribution >= 4 is 60.9 Å². The largest absolute Gasteiger partial charge is 0.348 e. The van der Waals surface area contributed by atoms with Gasteiger partial charge in [0.25, 0.3) is 5.91 Å². The van der Waals surface area contributed by atoms with Gasteiger partial charge in [-0.25, -0.2) is 0 Å². The van der Waals surface area contributed by atoms with Gasteiger partial charge >= 0.3 is 0 Å². The summed E-state index contributed by atoms with van der Waals surface area (Å²) < 4.78 is 1.86. The maximum atomic E-state index is 11.9. The first-order chi connectivity index (χ1) is 7.16.